The molecular formula is C44H56N12O4. The summed E-state index contributed by atoms with van der Waals surface area (Å²) in [6.07, 6.45) is 4.20. The minimum Gasteiger partial charge on any atom is -0.379 e. The highest BCUT2D eigenvalue weighted by molar-refractivity contribution is 5.94. The molecule has 2 amide bonds. The lowest BCUT2D eigenvalue weighted by Gasteiger charge is -2.26. The Balaban J connectivity index is 1.19. The molecule has 8 rings (SSSR count). The lowest BCUT2D eigenvalue weighted by molar-refractivity contribution is 0.0342. The smallest absolute Gasteiger partial charge is 0.298 e. The van der Waals surface area contributed by atoms with Gasteiger partial charge in [-0.05, 0) is 63.1 Å². The first-order valence-electron chi connectivity index (χ1n) is 21.0. The summed E-state index contributed by atoms with van der Waals surface area (Å²) < 4.78 is 22.9. The number of allylic oxidation sites excluding steroid dienone is 2. The van der Waals surface area contributed by atoms with Crippen LogP contribution in [0.5, 0.6) is 0 Å². The molecule has 0 bridgehead atoms. The van der Waals surface area contributed by atoms with Crippen LogP contribution in [0.25, 0.3) is 22.1 Å². The topological polar surface area (TPSA) is 139 Å². The lowest BCUT2D eigenvalue weighted by atomic mass is 10.1. The second-order valence-electron chi connectivity index (χ2n) is 15.6. The van der Waals surface area contributed by atoms with E-state index in [1.807, 2.05) is 50.9 Å². The predicted octanol–water partition coefficient (Wildman–Crippen LogP) is 3.73. The number of nitrogens with zero attached hydrogens (tertiary/aromatic N) is 12. The molecule has 2 saturated heterocycles. The second kappa shape index (κ2) is 17.9. The number of aromatic nitrogens is 8. The molecule has 0 spiro atoms. The SMILES string of the molecule is CCn1nc(C)cc1C(=O)N=c1n(C)c2c(CN3CCOCC3)cccc2n1C/C=C/Cn1c(=NC(=O)c2cc(C)nn2CC)n(C)c2c(CN3CCOCC3)cccc21. The van der Waals surface area contributed by atoms with E-state index in [0.29, 0.717) is 75.2 Å². The zero-order chi connectivity index (χ0) is 41.9. The van der Waals surface area contributed by atoms with E-state index in [0.717, 1.165) is 83.9 Å². The second-order valence-corrected chi connectivity index (χ2v) is 15.6. The number of carbonyl (C=O) groups excluding carboxylic acids is 2. The van der Waals surface area contributed by atoms with Crippen LogP contribution in [0.4, 0.5) is 0 Å². The summed E-state index contributed by atoms with van der Waals surface area (Å²) in [6.45, 7) is 17.6. The molecule has 316 valence electrons. The van der Waals surface area contributed by atoms with Gasteiger partial charge in [0, 0.05) is 79.5 Å². The molecule has 4 aromatic heterocycles. The van der Waals surface area contributed by atoms with E-state index in [4.69, 9.17) is 19.5 Å². The van der Waals surface area contributed by atoms with Crippen LogP contribution in [0.15, 0.2) is 70.7 Å². The summed E-state index contributed by atoms with van der Waals surface area (Å²) in [6, 6.07) is 16.3. The van der Waals surface area contributed by atoms with Crippen molar-refractivity contribution in [1.29, 1.82) is 0 Å². The van der Waals surface area contributed by atoms with Crippen molar-refractivity contribution in [3.05, 3.63) is 106 Å². The monoisotopic (exact) mass is 816 g/mol. The van der Waals surface area contributed by atoms with E-state index in [9.17, 15) is 9.59 Å². The number of benzene rings is 2. The van der Waals surface area contributed by atoms with Crippen LogP contribution in [0, 0.1) is 13.8 Å². The highest BCUT2D eigenvalue weighted by Crippen LogP contribution is 2.22. The third kappa shape index (κ3) is 8.24. The first-order chi connectivity index (χ1) is 29.1. The maximum Gasteiger partial charge on any atom is 0.298 e. The van der Waals surface area contributed by atoms with Gasteiger partial charge in [-0.2, -0.15) is 20.2 Å². The summed E-state index contributed by atoms with van der Waals surface area (Å²) in [5.74, 6) is -0.684. The lowest BCUT2D eigenvalue weighted by Crippen LogP contribution is -2.35. The number of hydrogen-bond donors (Lipinski definition) is 0. The van der Waals surface area contributed by atoms with Gasteiger partial charge in [-0.15, -0.1) is 0 Å². The molecule has 16 nitrogen and oxygen atoms in total. The molecule has 2 aliphatic heterocycles. The summed E-state index contributed by atoms with van der Waals surface area (Å²) in [5.41, 5.74) is 9.89. The number of hydrogen-bond acceptors (Lipinski definition) is 8. The Morgan fingerprint density at radius 3 is 1.43 bits per heavy atom. The third-order valence-electron chi connectivity index (χ3n) is 11.5. The fraction of sp³-hybridized carbons (Fsp3) is 0.455. The molecule has 0 N–H and O–H groups in total. The Morgan fingerprint density at radius 2 is 1.05 bits per heavy atom. The predicted molar refractivity (Wildman–Crippen MR) is 228 cm³/mol. The molecule has 0 aliphatic carbocycles. The van der Waals surface area contributed by atoms with Gasteiger partial charge in [0.2, 0.25) is 11.2 Å². The summed E-state index contributed by atoms with van der Waals surface area (Å²) in [4.78, 5) is 42.2. The van der Waals surface area contributed by atoms with E-state index in [-0.39, 0.29) is 11.8 Å². The first kappa shape index (κ1) is 41.1. The van der Waals surface area contributed by atoms with E-state index in [1.165, 1.54) is 0 Å². The van der Waals surface area contributed by atoms with Crippen molar-refractivity contribution in [2.24, 2.45) is 24.1 Å². The number of aryl methyl sites for hydroxylation is 6. The van der Waals surface area contributed by atoms with Crippen LogP contribution in [-0.2, 0) is 62.8 Å². The molecule has 0 unspecified atom stereocenters. The van der Waals surface area contributed by atoms with Crippen LogP contribution in [-0.4, -0.2) is 112 Å². The van der Waals surface area contributed by atoms with Crippen molar-refractivity contribution >= 4 is 33.9 Å². The molecule has 2 fully saturated rings. The maximum atomic E-state index is 13.9. The van der Waals surface area contributed by atoms with Crippen molar-refractivity contribution in [1.82, 2.24) is 47.6 Å². The normalized spacial score (nSPS) is 16.4. The van der Waals surface area contributed by atoms with Gasteiger partial charge in [0.15, 0.2) is 0 Å². The Hall–Kier alpha value is -5.68. The van der Waals surface area contributed by atoms with Crippen LogP contribution in [0.2, 0.25) is 0 Å². The van der Waals surface area contributed by atoms with Gasteiger partial charge < -0.3 is 27.7 Å². The molecule has 0 saturated carbocycles. The molecule has 0 atom stereocenters. The van der Waals surface area contributed by atoms with Crippen molar-refractivity contribution in [3.8, 4) is 0 Å². The summed E-state index contributed by atoms with van der Waals surface area (Å²) in [5, 5.41) is 9.02. The molecule has 0 radical (unpaired) electrons. The Morgan fingerprint density at radius 1 is 0.650 bits per heavy atom. The van der Waals surface area contributed by atoms with E-state index >= 15 is 0 Å². The van der Waals surface area contributed by atoms with E-state index in [1.54, 1.807) is 21.5 Å². The molecule has 2 aliphatic rings. The number of ether oxygens (including phenoxy) is 2. The first-order valence-corrected chi connectivity index (χ1v) is 21.0. The van der Waals surface area contributed by atoms with Crippen LogP contribution < -0.4 is 11.2 Å². The van der Waals surface area contributed by atoms with Gasteiger partial charge in [0.05, 0.1) is 59.9 Å². The van der Waals surface area contributed by atoms with E-state index in [2.05, 4.69) is 77.7 Å². The minimum atomic E-state index is -0.342. The highest BCUT2D eigenvalue weighted by Gasteiger charge is 2.21. The highest BCUT2D eigenvalue weighted by atomic mass is 16.5. The standard InChI is InChI=1S/C44H56N12O4/c1-7-55-37(27-31(3)47-55)41(57)45-43-49(5)39-33(29-51-19-23-59-24-20-51)13-11-15-35(39)53(43)17-9-10-18-54-36-16-12-14-34(30-52-21-25-60-26-22-52)40(36)50(6)44(54)46-42(58)38-28-32(4)48-56(38)8-2/h9-16,27-28H,7-8,17-26,29-30H2,1-6H3/b10-9+,45-43?,46-44?. The summed E-state index contributed by atoms with van der Waals surface area (Å²) in [7, 11) is 3.97. The van der Waals surface area contributed by atoms with Crippen molar-refractivity contribution < 1.29 is 19.1 Å². The Labute approximate surface area is 349 Å². The molecule has 6 heterocycles. The molecule has 60 heavy (non-hydrogen) atoms. The number of imidazole rings is 2. The average molecular weight is 817 g/mol. The van der Waals surface area contributed by atoms with Crippen LogP contribution in [0.1, 0.15) is 57.3 Å². The Kier molecular flexibility index (Phi) is 12.2. The number of carbonyl (C=O) groups is 2. The fourth-order valence-corrected chi connectivity index (χ4v) is 8.60. The largest absolute Gasteiger partial charge is 0.379 e. The van der Waals surface area contributed by atoms with Crippen molar-refractivity contribution in [3.63, 3.8) is 0 Å². The van der Waals surface area contributed by atoms with Crippen LogP contribution >= 0.6 is 0 Å². The number of para-hydroxylation sites is 2. The van der Waals surface area contributed by atoms with Crippen LogP contribution in [0.3, 0.4) is 0 Å². The average Bonchev–Trinajstić information content (AvgIpc) is 3.98. The van der Waals surface area contributed by atoms with Gasteiger partial charge in [0.1, 0.15) is 11.4 Å². The minimum absolute atomic E-state index is 0.342. The zero-order valence-corrected chi connectivity index (χ0v) is 35.7. The summed E-state index contributed by atoms with van der Waals surface area (Å²) >= 11 is 0. The number of morpholine rings is 2. The quantitative estimate of drug-likeness (QED) is 0.171. The zero-order valence-electron chi connectivity index (χ0n) is 35.7. The van der Waals surface area contributed by atoms with Gasteiger partial charge in [-0.25, -0.2) is 0 Å². The number of fused-ring (bicyclic) bond motifs is 2. The third-order valence-corrected chi connectivity index (χ3v) is 11.5. The molecule has 6 aromatic rings. The molecule has 16 heteroatoms. The van der Waals surface area contributed by atoms with Crippen molar-refractivity contribution in [2.75, 3.05) is 52.6 Å². The van der Waals surface area contributed by atoms with E-state index < -0.39 is 0 Å². The number of amides is 2. The molecular weight excluding hydrogens is 761 g/mol. The van der Waals surface area contributed by atoms with Crippen molar-refractivity contribution in [2.45, 2.75) is 67.0 Å². The van der Waals surface area contributed by atoms with Gasteiger partial charge >= 0.3 is 0 Å². The van der Waals surface area contributed by atoms with Gasteiger partial charge in [-0.1, -0.05) is 36.4 Å². The fourth-order valence-electron chi connectivity index (χ4n) is 8.60. The molecule has 2 aromatic carbocycles. The van der Waals surface area contributed by atoms with Gasteiger partial charge in [0.25, 0.3) is 11.8 Å². The maximum absolute atomic E-state index is 13.9. The number of rotatable bonds is 12. The Bertz CT molecular complexity index is 2520. The van der Waals surface area contributed by atoms with Gasteiger partial charge in [-0.3, -0.25) is 28.8 Å².